The molecule has 4 rings (SSSR count). The first-order chi connectivity index (χ1) is 14.0. The molecule has 0 unspecified atom stereocenters. The van der Waals surface area contributed by atoms with Gasteiger partial charge in [0.1, 0.15) is 11.0 Å². The minimum Gasteiger partial charge on any atom is -0.398 e. The van der Waals surface area contributed by atoms with Crippen molar-refractivity contribution in [2.24, 2.45) is 0 Å². The highest BCUT2D eigenvalue weighted by molar-refractivity contribution is 5.86. The summed E-state index contributed by atoms with van der Waals surface area (Å²) in [7, 11) is -0.853. The third kappa shape index (κ3) is 4.93. The van der Waals surface area contributed by atoms with Gasteiger partial charge in [-0.15, -0.1) is 14.8 Å². The fraction of sp³-hybridized carbons (Fsp3) is 0.143. The average Bonchev–Trinajstić information content (AvgIpc) is 2.66. The van der Waals surface area contributed by atoms with Crippen molar-refractivity contribution in [3.63, 3.8) is 0 Å². The van der Waals surface area contributed by atoms with Gasteiger partial charge >= 0.3 is 0 Å². The molecule has 0 fully saturated rings. The highest BCUT2D eigenvalue weighted by Gasteiger charge is 2.21. The molecule has 8 nitrogen and oxygen atoms in total. The molecule has 0 radical (unpaired) electrons. The predicted octanol–water partition coefficient (Wildman–Crippen LogP) is -1.13. The molecule has 0 saturated heterocycles. The Morgan fingerprint density at radius 2 is 1.47 bits per heavy atom. The molecule has 4 aromatic rings. The van der Waals surface area contributed by atoms with Crippen LogP contribution in [0.25, 0.3) is 27.8 Å². The van der Waals surface area contributed by atoms with Crippen molar-refractivity contribution in [1.82, 2.24) is 4.98 Å². The van der Waals surface area contributed by atoms with Crippen molar-refractivity contribution in [2.75, 3.05) is 24.7 Å². The summed E-state index contributed by atoms with van der Waals surface area (Å²) in [6.07, 6.45) is 0. The molecule has 1 heterocycles. The number of nitrogen functional groups attached to an aromatic ring is 1. The van der Waals surface area contributed by atoms with Gasteiger partial charge in [-0.2, -0.15) is 0 Å². The predicted molar refractivity (Wildman–Crippen MR) is 104 cm³/mol. The summed E-state index contributed by atoms with van der Waals surface area (Å²) in [5, 5.41) is 0. The highest BCUT2D eigenvalue weighted by Crippen LogP contribution is 2.24. The van der Waals surface area contributed by atoms with Crippen molar-refractivity contribution < 1.29 is 33.4 Å². The molecule has 0 atom stereocenters. The second-order valence-electron chi connectivity index (χ2n) is 6.93. The van der Waals surface area contributed by atoms with Crippen LogP contribution in [0.3, 0.4) is 0 Å². The number of hydrogen-bond donors (Lipinski definition) is 1. The number of aromatic nitrogens is 2. The number of fused-ring (bicyclic) bond motifs is 2. The van der Waals surface area contributed by atoms with Crippen molar-refractivity contribution >= 4 is 33.4 Å². The van der Waals surface area contributed by atoms with E-state index in [0.717, 1.165) is 44.7 Å². The normalized spacial score (nSPS) is 11.3. The van der Waals surface area contributed by atoms with Crippen LogP contribution in [0.5, 0.6) is 0 Å². The van der Waals surface area contributed by atoms with E-state index in [4.69, 9.17) is 29.4 Å². The van der Waals surface area contributed by atoms with Crippen LogP contribution in [0.2, 0.25) is 0 Å². The van der Waals surface area contributed by atoms with Crippen LogP contribution < -0.4 is 33.8 Å². The molecule has 0 aliphatic rings. The maximum atomic E-state index is 8.49. The van der Waals surface area contributed by atoms with E-state index in [1.807, 2.05) is 45.3 Å². The van der Waals surface area contributed by atoms with E-state index in [1.54, 1.807) is 0 Å². The zero-order chi connectivity index (χ0) is 22.1. The number of benzene rings is 3. The zero-order valence-corrected chi connectivity index (χ0v) is 17.5. The van der Waals surface area contributed by atoms with Gasteiger partial charge in [-0.3, -0.25) is 0 Å². The molecule has 3 aromatic carbocycles. The van der Waals surface area contributed by atoms with Crippen LogP contribution in [0.15, 0.2) is 60.7 Å². The SMILES string of the molecule is Cc1cc2nc3ccc(N(C)C)cc3[n+](-c3ccccc3)c2cc1N.[O-][Cl+3]([O-])([O-])[O-]. The number of aryl methyl sites for hydroxylation is 1. The molecular weight excluding hydrogens is 408 g/mol. The average molecular weight is 429 g/mol. The van der Waals surface area contributed by atoms with Gasteiger partial charge in [0.2, 0.25) is 16.7 Å². The lowest BCUT2D eigenvalue weighted by atomic mass is 10.1. The smallest absolute Gasteiger partial charge is 0.239 e. The molecule has 0 aliphatic carbocycles. The zero-order valence-electron chi connectivity index (χ0n) is 16.7. The van der Waals surface area contributed by atoms with Gasteiger partial charge in [0.05, 0.1) is 0 Å². The molecule has 9 heteroatoms. The first-order valence-electron chi connectivity index (χ1n) is 8.95. The van der Waals surface area contributed by atoms with Gasteiger partial charge < -0.3 is 10.6 Å². The fourth-order valence-electron chi connectivity index (χ4n) is 3.14. The quantitative estimate of drug-likeness (QED) is 0.242. The summed E-state index contributed by atoms with van der Waals surface area (Å²) in [6.45, 7) is 2.02. The van der Waals surface area contributed by atoms with Crippen LogP contribution in [-0.4, -0.2) is 19.1 Å². The van der Waals surface area contributed by atoms with Gasteiger partial charge in [-0.1, -0.05) is 18.2 Å². The Morgan fingerprint density at radius 1 is 0.867 bits per heavy atom. The summed E-state index contributed by atoms with van der Waals surface area (Å²) in [5.41, 5.74) is 14.2. The summed E-state index contributed by atoms with van der Waals surface area (Å²) < 4.78 is 36.2. The fourth-order valence-corrected chi connectivity index (χ4v) is 3.14. The summed E-state index contributed by atoms with van der Waals surface area (Å²) >= 11 is 0. The van der Waals surface area contributed by atoms with Crippen LogP contribution in [0, 0.1) is 17.2 Å². The molecule has 0 spiro atoms. The van der Waals surface area contributed by atoms with Crippen molar-refractivity contribution in [1.29, 1.82) is 0 Å². The Balaban J connectivity index is 0.000000461. The molecule has 0 saturated carbocycles. The topological polar surface area (TPSA) is 138 Å². The monoisotopic (exact) mass is 428 g/mol. The second kappa shape index (κ2) is 8.39. The van der Waals surface area contributed by atoms with Gasteiger partial charge in [0.15, 0.2) is 0 Å². The van der Waals surface area contributed by atoms with Crippen LogP contribution >= 0.6 is 0 Å². The van der Waals surface area contributed by atoms with Crippen molar-refractivity contribution in [2.45, 2.75) is 6.92 Å². The van der Waals surface area contributed by atoms with Gasteiger partial charge in [0, 0.05) is 49.7 Å². The number of para-hydroxylation sites is 1. The lowest BCUT2D eigenvalue weighted by molar-refractivity contribution is -2.00. The van der Waals surface area contributed by atoms with Crippen molar-refractivity contribution in [3.05, 3.63) is 66.2 Å². The summed E-state index contributed by atoms with van der Waals surface area (Å²) in [6, 6.07) is 20.8. The Hall–Kier alpha value is -3.01. The van der Waals surface area contributed by atoms with E-state index >= 15 is 0 Å². The number of nitrogens with two attached hydrogens (primary N) is 1. The van der Waals surface area contributed by atoms with E-state index in [-0.39, 0.29) is 0 Å². The van der Waals surface area contributed by atoms with E-state index in [1.165, 1.54) is 0 Å². The molecule has 156 valence electrons. The molecule has 0 bridgehead atoms. The van der Waals surface area contributed by atoms with Crippen LogP contribution in [0.4, 0.5) is 11.4 Å². The largest absolute Gasteiger partial charge is 0.398 e. The minimum absolute atomic E-state index is 0.780. The summed E-state index contributed by atoms with van der Waals surface area (Å²) in [5.74, 6) is 0. The molecule has 0 aliphatic heterocycles. The molecule has 1 aromatic heterocycles. The Bertz CT molecular complexity index is 1190. The third-order valence-electron chi connectivity index (χ3n) is 4.58. The first kappa shape index (κ1) is 21.7. The summed E-state index contributed by atoms with van der Waals surface area (Å²) in [4.78, 5) is 6.97. The number of anilines is 2. The number of nitrogens with zero attached hydrogens (tertiary/aromatic N) is 3. The molecule has 0 amide bonds. The van der Waals surface area contributed by atoms with E-state index in [2.05, 4.69) is 45.9 Å². The lowest BCUT2D eigenvalue weighted by Gasteiger charge is -2.17. The Kier molecular flexibility index (Phi) is 6.06. The Labute approximate surface area is 175 Å². The number of halogens is 1. The first-order valence-corrected chi connectivity index (χ1v) is 10.2. The molecule has 2 N–H and O–H groups in total. The van der Waals surface area contributed by atoms with Crippen molar-refractivity contribution in [3.8, 4) is 5.69 Å². The van der Waals surface area contributed by atoms with E-state index in [0.29, 0.717) is 0 Å². The van der Waals surface area contributed by atoms with Crippen LogP contribution in [0.1, 0.15) is 5.56 Å². The second-order valence-corrected chi connectivity index (χ2v) is 7.68. The lowest BCUT2D eigenvalue weighted by Crippen LogP contribution is -2.68. The molecular formula is C21H21ClN4O4. The maximum absolute atomic E-state index is 8.49. The van der Waals surface area contributed by atoms with E-state index in [9.17, 15) is 0 Å². The maximum Gasteiger partial charge on any atom is 0.239 e. The number of hydrogen-bond acceptors (Lipinski definition) is 7. The standard InChI is InChI=1S/C21H20N4.ClHO4/c1-14-11-19-21(13-17(14)22)25(15-7-5-4-6-8-15)20-12-16(24(2)3)9-10-18(20)23-19;2-1(3,4)5/h4-13,22H,1-3H3;(H,2,3,4,5). The number of rotatable bonds is 2. The Morgan fingerprint density at radius 3 is 2.07 bits per heavy atom. The van der Waals surface area contributed by atoms with Gasteiger partial charge in [-0.05, 0) is 30.7 Å². The highest BCUT2D eigenvalue weighted by atomic mass is 35.7. The minimum atomic E-state index is -4.94. The van der Waals surface area contributed by atoms with Gasteiger partial charge in [-0.25, -0.2) is 23.6 Å². The third-order valence-corrected chi connectivity index (χ3v) is 4.58. The van der Waals surface area contributed by atoms with Crippen LogP contribution in [-0.2, 0) is 0 Å². The molecule has 30 heavy (non-hydrogen) atoms. The van der Waals surface area contributed by atoms with Gasteiger partial charge in [0.25, 0.3) is 0 Å². The van der Waals surface area contributed by atoms with E-state index < -0.39 is 10.2 Å².